The Balaban J connectivity index is 0. The summed E-state index contributed by atoms with van der Waals surface area (Å²) in [5.41, 5.74) is 0. The van der Waals surface area contributed by atoms with Crippen LogP contribution in [0.25, 0.3) is 0 Å². The van der Waals surface area contributed by atoms with Crippen molar-refractivity contribution in [1.82, 2.24) is 0 Å². The number of hydrogen-bond acceptors (Lipinski definition) is 3. The molecular weight excluding hydrogens is 191 g/mol. The van der Waals surface area contributed by atoms with Crippen molar-refractivity contribution < 1.29 is 14.8 Å². The van der Waals surface area contributed by atoms with E-state index in [1.807, 2.05) is 6.92 Å². The maximum absolute atomic E-state index is 9.32. The van der Waals surface area contributed by atoms with Crippen molar-refractivity contribution in [2.75, 3.05) is 0 Å². The van der Waals surface area contributed by atoms with Gasteiger partial charge in [-0.2, -0.15) is 0 Å². The maximum Gasteiger partial charge on any atom is 0.477 e. The Morgan fingerprint density at radius 2 is 1.80 bits per heavy atom. The molecule has 0 aliphatic carbocycles. The average molecular weight is 203 g/mol. The van der Waals surface area contributed by atoms with Crippen LogP contribution in [-0.2, 0) is 4.57 Å². The first-order chi connectivity index (χ1) is 4.50. The number of aliphatic hydroxyl groups is 2. The first-order valence-corrected chi connectivity index (χ1v) is 6.28. The number of rotatable bonds is 2. The van der Waals surface area contributed by atoms with Crippen LogP contribution in [0, 0.1) is 0 Å². The number of thiol groups is 2. The van der Waals surface area contributed by atoms with Crippen molar-refractivity contribution in [3.05, 3.63) is 0 Å². The highest BCUT2D eigenvalue weighted by Gasteiger charge is 1.89. The standard InChI is InChI=1S/C4H10O2.HOPS2/c1-2-3-4(5)6;1-2(3)4/h4-6H,2-3H2,1H3;(H-,1,3,4)/p+1. The van der Waals surface area contributed by atoms with Crippen molar-refractivity contribution in [2.45, 2.75) is 26.1 Å². The first-order valence-electron chi connectivity index (χ1n) is 2.71. The molecule has 0 aromatic carbocycles. The first kappa shape index (κ1) is 13.3. The maximum atomic E-state index is 9.32. The number of hydrogen-bond donors (Lipinski definition) is 4. The van der Waals surface area contributed by atoms with Gasteiger partial charge in [0.1, 0.15) is 24.5 Å². The van der Waals surface area contributed by atoms with Gasteiger partial charge in [0.05, 0.1) is 0 Å². The van der Waals surface area contributed by atoms with Crippen molar-refractivity contribution in [3.63, 3.8) is 0 Å². The normalized spacial score (nSPS) is 8.60. The Bertz CT molecular complexity index is 84.6. The zero-order valence-corrected chi connectivity index (χ0v) is 8.32. The van der Waals surface area contributed by atoms with Gasteiger partial charge in [0.25, 0.3) is 0 Å². The largest absolute Gasteiger partial charge is 0.477 e. The Morgan fingerprint density at radius 1 is 1.50 bits per heavy atom. The second-order valence-electron chi connectivity index (χ2n) is 1.52. The van der Waals surface area contributed by atoms with Crippen LogP contribution in [-0.4, -0.2) is 16.5 Å². The van der Waals surface area contributed by atoms with E-state index in [2.05, 4.69) is 24.5 Å². The molecule has 0 aliphatic rings. The van der Waals surface area contributed by atoms with E-state index in [0.29, 0.717) is 6.42 Å². The highest BCUT2D eigenvalue weighted by molar-refractivity contribution is 8.73. The molecule has 0 heterocycles. The molecule has 0 radical (unpaired) electrons. The molecule has 2 N–H and O–H groups in total. The molecule has 0 saturated carbocycles. The van der Waals surface area contributed by atoms with Crippen molar-refractivity contribution in [1.29, 1.82) is 0 Å². The van der Waals surface area contributed by atoms with E-state index in [1.54, 1.807) is 0 Å². The van der Waals surface area contributed by atoms with Gasteiger partial charge in [-0.25, -0.2) is 0 Å². The molecule has 10 heavy (non-hydrogen) atoms. The molecule has 0 unspecified atom stereocenters. The zero-order valence-electron chi connectivity index (χ0n) is 5.64. The van der Waals surface area contributed by atoms with Gasteiger partial charge in [-0.1, -0.05) is 13.3 Å². The second-order valence-corrected chi connectivity index (χ2v) is 5.15. The molecule has 3 nitrogen and oxygen atoms in total. The van der Waals surface area contributed by atoms with Crippen molar-refractivity contribution >= 4 is 30.7 Å². The van der Waals surface area contributed by atoms with Gasteiger partial charge >= 0.3 is 6.20 Å². The van der Waals surface area contributed by atoms with Gasteiger partial charge in [-0.3, -0.25) is 0 Å². The molecule has 0 aromatic heterocycles. The summed E-state index contributed by atoms with van der Waals surface area (Å²) in [5.74, 6) is 0. The summed E-state index contributed by atoms with van der Waals surface area (Å²) in [6.07, 6.45) is -1.27. The van der Waals surface area contributed by atoms with Crippen LogP contribution >= 0.6 is 30.7 Å². The van der Waals surface area contributed by atoms with Crippen LogP contribution in [0.2, 0.25) is 0 Å². The van der Waals surface area contributed by atoms with E-state index in [9.17, 15) is 4.57 Å². The lowest BCUT2D eigenvalue weighted by Gasteiger charge is -1.94. The van der Waals surface area contributed by atoms with E-state index in [1.165, 1.54) is 0 Å². The minimum atomic E-state index is -1.48. The third-order valence-electron chi connectivity index (χ3n) is 0.547. The van der Waals surface area contributed by atoms with Crippen LogP contribution in [0.4, 0.5) is 0 Å². The summed E-state index contributed by atoms with van der Waals surface area (Å²) in [6, 6.07) is 0. The predicted octanol–water partition coefficient (Wildman–Crippen LogP) is 1.60. The van der Waals surface area contributed by atoms with Crippen molar-refractivity contribution in [3.8, 4) is 0 Å². The van der Waals surface area contributed by atoms with E-state index >= 15 is 0 Å². The molecule has 62 valence electrons. The van der Waals surface area contributed by atoms with Gasteiger partial charge in [0, 0.05) is 0 Å². The molecular formula is C4H12O3PS2+. The smallest absolute Gasteiger partial charge is 0.368 e. The molecule has 0 atom stereocenters. The van der Waals surface area contributed by atoms with Gasteiger partial charge in [0.15, 0.2) is 6.29 Å². The summed E-state index contributed by atoms with van der Waals surface area (Å²) in [6.45, 7) is 1.90. The number of aliphatic hydroxyl groups excluding tert-OH is 1. The fourth-order valence-electron chi connectivity index (χ4n) is 0.258. The Morgan fingerprint density at radius 3 is 1.80 bits per heavy atom. The third kappa shape index (κ3) is 37.6. The topological polar surface area (TPSA) is 57.5 Å². The predicted molar refractivity (Wildman–Crippen MR) is 48.7 cm³/mol. The fraction of sp³-hybridized carbons (Fsp3) is 1.00. The van der Waals surface area contributed by atoms with Crippen LogP contribution in [0.5, 0.6) is 0 Å². The molecule has 0 rings (SSSR count). The lowest BCUT2D eigenvalue weighted by Crippen LogP contribution is -2.01. The summed E-state index contributed by atoms with van der Waals surface area (Å²) < 4.78 is 9.32. The molecule has 0 amide bonds. The molecule has 0 fully saturated rings. The Hall–Kier alpha value is 0.720. The molecule has 0 spiro atoms. The lowest BCUT2D eigenvalue weighted by molar-refractivity contribution is -0.0453. The Labute approximate surface area is 71.9 Å². The van der Waals surface area contributed by atoms with E-state index in [-0.39, 0.29) is 0 Å². The summed E-state index contributed by atoms with van der Waals surface area (Å²) in [7, 11) is 0. The van der Waals surface area contributed by atoms with Gasteiger partial charge in [-0.05, 0) is 11.0 Å². The zero-order chi connectivity index (χ0) is 8.57. The fourth-order valence-corrected chi connectivity index (χ4v) is 0.258. The van der Waals surface area contributed by atoms with E-state index < -0.39 is 12.5 Å². The quantitative estimate of drug-likeness (QED) is 0.313. The highest BCUT2D eigenvalue weighted by Crippen LogP contribution is 2.29. The molecule has 0 aromatic rings. The summed E-state index contributed by atoms with van der Waals surface area (Å²) in [5, 5.41) is 16.2. The summed E-state index contributed by atoms with van der Waals surface area (Å²) in [4.78, 5) is 0. The second kappa shape index (κ2) is 9.72. The monoisotopic (exact) mass is 203 g/mol. The van der Waals surface area contributed by atoms with Gasteiger partial charge < -0.3 is 10.2 Å². The summed E-state index contributed by atoms with van der Waals surface area (Å²) >= 11 is 6.68. The lowest BCUT2D eigenvalue weighted by atomic mass is 10.3. The van der Waals surface area contributed by atoms with Gasteiger partial charge in [0.2, 0.25) is 0 Å². The van der Waals surface area contributed by atoms with Gasteiger partial charge in [-0.15, -0.1) is 0 Å². The van der Waals surface area contributed by atoms with Crippen LogP contribution in [0.15, 0.2) is 0 Å². The minimum Gasteiger partial charge on any atom is -0.368 e. The third-order valence-corrected chi connectivity index (χ3v) is 0.547. The van der Waals surface area contributed by atoms with Crippen molar-refractivity contribution in [2.24, 2.45) is 0 Å². The molecule has 0 saturated heterocycles. The molecule has 0 aliphatic heterocycles. The SMILES string of the molecule is CCCC(O)O.O=[P+](S)S. The van der Waals surface area contributed by atoms with Crippen LogP contribution in [0.3, 0.4) is 0 Å². The molecule has 0 bridgehead atoms. The van der Waals surface area contributed by atoms with E-state index in [0.717, 1.165) is 6.42 Å². The average Bonchev–Trinajstić information content (AvgIpc) is 1.62. The highest BCUT2D eigenvalue weighted by atomic mass is 33.0. The Kier molecular flexibility index (Phi) is 12.9. The van der Waals surface area contributed by atoms with Crippen LogP contribution in [0.1, 0.15) is 19.8 Å². The minimum absolute atomic E-state index is 0.486. The van der Waals surface area contributed by atoms with E-state index in [4.69, 9.17) is 10.2 Å². The van der Waals surface area contributed by atoms with Crippen LogP contribution < -0.4 is 0 Å². The molecule has 6 heteroatoms.